The van der Waals surface area contributed by atoms with Crippen LogP contribution in [0.25, 0.3) is 0 Å². The lowest BCUT2D eigenvalue weighted by molar-refractivity contribution is -0.277. The minimum absolute atomic E-state index is 0.0170. The SMILES string of the molecule is CC(=O)NC1C(OCCCCC(=O)NCCCC(=O)NCCCN(CCCCN(CCCNC(=O)CCCNC(=O)CCCCOC2OC(COC(C)=O)C(OC(C)=O)C(OC(C)=O)C2NC(C)=O)C(=O)C(O)COP(C)(C)=O)C(=O)CCCNC(=O)CCCCOC2OC(COC(C)=O)C(OC(C)=O)C(OC(C)=O)C2NC(C)=O)OC(COC(C)=O)C(OC(C)=O)C1OC(C)=O. The molecule has 3 heterocycles. The van der Waals surface area contributed by atoms with Crippen LogP contribution in [0.15, 0.2) is 0 Å². The molecule has 16 atom stereocenters. The first-order chi connectivity index (χ1) is 62.3. The number of aliphatic hydroxyl groups is 1. The summed E-state index contributed by atoms with van der Waals surface area (Å²) in [6.45, 7) is 15.5. The lowest BCUT2D eigenvalue weighted by atomic mass is 9.96. The summed E-state index contributed by atoms with van der Waals surface area (Å²) in [7, 11) is -3.14. The first-order valence-corrected chi connectivity index (χ1v) is 46.7. The summed E-state index contributed by atoms with van der Waals surface area (Å²) in [5, 5.41) is 32.8. The highest BCUT2D eigenvalue weighted by Crippen LogP contribution is 2.37. The van der Waals surface area contributed by atoms with E-state index in [1.165, 1.54) is 39.0 Å². The van der Waals surface area contributed by atoms with Crippen LogP contribution in [-0.4, -0.2) is 344 Å². The summed E-state index contributed by atoms with van der Waals surface area (Å²) >= 11 is 0. The molecule has 750 valence electrons. The Kier molecular flexibility index (Phi) is 55.5. The second kappa shape index (κ2) is 63.1. The number of esters is 9. The van der Waals surface area contributed by atoms with Gasteiger partial charge >= 0.3 is 53.7 Å². The summed E-state index contributed by atoms with van der Waals surface area (Å²) in [6.07, 6.45) is -13.2. The van der Waals surface area contributed by atoms with Crippen LogP contribution in [0.2, 0.25) is 0 Å². The first-order valence-electron chi connectivity index (χ1n) is 44.2. The smallest absolute Gasteiger partial charge is 0.303 e. The second-order valence-corrected chi connectivity index (χ2v) is 34.7. The Morgan fingerprint density at radius 3 is 0.864 bits per heavy atom. The second-order valence-electron chi connectivity index (χ2n) is 31.9. The summed E-state index contributed by atoms with van der Waals surface area (Å²) < 4.78 is 102. The number of nitrogens with one attached hydrogen (secondary N) is 8. The molecular formula is C84H137N10O37P. The van der Waals surface area contributed by atoms with Crippen molar-refractivity contribution in [3.8, 4) is 0 Å². The molecule has 0 aromatic heterocycles. The molecule has 9 N–H and O–H groups in total. The third-order valence-electron chi connectivity index (χ3n) is 19.6. The molecule has 0 radical (unpaired) electrons. The summed E-state index contributed by atoms with van der Waals surface area (Å²) in [5.41, 5.74) is 0. The Morgan fingerprint density at radius 2 is 0.583 bits per heavy atom. The number of rotatable bonds is 62. The predicted molar refractivity (Wildman–Crippen MR) is 457 cm³/mol. The summed E-state index contributed by atoms with van der Waals surface area (Å²) in [6, 6.07) is -3.54. The van der Waals surface area contributed by atoms with Crippen molar-refractivity contribution < 1.29 is 176 Å². The molecule has 16 unspecified atom stereocenters. The van der Waals surface area contributed by atoms with Crippen molar-refractivity contribution in [2.45, 2.75) is 303 Å². The van der Waals surface area contributed by atoms with Crippen LogP contribution in [0.4, 0.5) is 0 Å². The Hall–Kier alpha value is -10.2. The van der Waals surface area contributed by atoms with Crippen molar-refractivity contribution >= 4 is 120 Å². The highest BCUT2D eigenvalue weighted by Gasteiger charge is 2.55. The van der Waals surface area contributed by atoms with Gasteiger partial charge in [-0.3, -0.25) is 95.7 Å². The normalized spacial score (nSPS) is 21.7. The van der Waals surface area contributed by atoms with E-state index in [0.717, 1.165) is 62.3 Å². The molecule has 0 aromatic rings. The minimum Gasteiger partial charge on any atom is -0.463 e. The number of nitrogens with zero attached hydrogens (tertiary/aromatic N) is 2. The topological polar surface area (TPSA) is 612 Å². The number of aliphatic hydroxyl groups excluding tert-OH is 1. The van der Waals surface area contributed by atoms with Gasteiger partial charge in [0.15, 0.2) is 69.0 Å². The average molecular weight is 1910 g/mol. The molecule has 10 amide bonds. The van der Waals surface area contributed by atoms with Gasteiger partial charge in [-0.25, -0.2) is 0 Å². The van der Waals surface area contributed by atoms with Crippen LogP contribution >= 0.6 is 7.37 Å². The third kappa shape index (κ3) is 49.5. The van der Waals surface area contributed by atoms with Gasteiger partial charge in [0.1, 0.15) is 56.3 Å². The van der Waals surface area contributed by atoms with Crippen molar-refractivity contribution in [2.75, 3.05) is 118 Å². The van der Waals surface area contributed by atoms with Crippen LogP contribution in [0.5, 0.6) is 0 Å². The fraction of sp³-hybridized carbons (Fsp3) is 0.774. The van der Waals surface area contributed by atoms with Crippen LogP contribution in [0.3, 0.4) is 0 Å². The van der Waals surface area contributed by atoms with Crippen molar-refractivity contribution in [1.82, 2.24) is 52.3 Å². The van der Waals surface area contributed by atoms with Gasteiger partial charge in [0.2, 0.25) is 53.2 Å². The molecule has 0 spiro atoms. The molecule has 3 fully saturated rings. The highest BCUT2D eigenvalue weighted by molar-refractivity contribution is 7.57. The molecule has 0 saturated carbocycles. The molecule has 132 heavy (non-hydrogen) atoms. The number of hydrogen-bond acceptors (Lipinski definition) is 37. The largest absolute Gasteiger partial charge is 0.463 e. The molecule has 3 aliphatic rings. The van der Waals surface area contributed by atoms with E-state index in [4.69, 9.17) is 75.6 Å². The molecule has 48 heteroatoms. The Morgan fingerprint density at radius 1 is 0.326 bits per heavy atom. The van der Waals surface area contributed by atoms with Gasteiger partial charge in [-0.05, 0) is 83.5 Å². The van der Waals surface area contributed by atoms with Gasteiger partial charge in [-0.15, -0.1) is 0 Å². The number of carbonyl (C=O) groups excluding carboxylic acids is 19. The number of amides is 10. The first kappa shape index (κ1) is 116. The molecule has 3 saturated heterocycles. The van der Waals surface area contributed by atoms with E-state index in [1.54, 1.807) is 4.90 Å². The maximum absolute atomic E-state index is 14.1. The van der Waals surface area contributed by atoms with Gasteiger partial charge in [0, 0.05) is 214 Å². The zero-order valence-corrected chi connectivity index (χ0v) is 78.9. The zero-order valence-electron chi connectivity index (χ0n) is 78.0. The monoisotopic (exact) mass is 1910 g/mol. The maximum Gasteiger partial charge on any atom is 0.303 e. The van der Waals surface area contributed by atoms with E-state index in [0.29, 0.717) is 44.9 Å². The van der Waals surface area contributed by atoms with Crippen molar-refractivity contribution in [3.05, 3.63) is 0 Å². The van der Waals surface area contributed by atoms with Gasteiger partial charge < -0.3 is 133 Å². The van der Waals surface area contributed by atoms with E-state index in [2.05, 4.69) is 42.5 Å². The zero-order chi connectivity index (χ0) is 98.6. The lowest BCUT2D eigenvalue weighted by Gasteiger charge is -2.44. The van der Waals surface area contributed by atoms with Crippen molar-refractivity contribution in [1.29, 1.82) is 0 Å². The van der Waals surface area contributed by atoms with Gasteiger partial charge in [0.05, 0.1) is 6.61 Å². The standard InChI is InChI=1S/C84H137N10O37P/c1-50(95)90-72-78(126-59(10)104)75(123-56(7)101)63(47-119-53(4)98)129-82(72)116-43-20-15-28-66(108)85-34-23-31-69(111)88-37-26-41-93(71(113)33-25-36-87-68(110)30-17-22-45-118-84-74(92-52(3)97)80(128-61(12)106)77(125-58(9)103)65(131-84)49-121-55(6)100)39-18-19-40-94(81(114)62(107)46-122-132(13,14)115)42-27-38-89-70(112)32-24-35-86-67(109)29-16-21-44-117-83-73(91-51(2)96)79(127-60(11)105)76(124-57(8)102)64(130-83)48-120-54(5)99/h62-65,72-80,82-84,107H,15-49H2,1-14H3,(H,85,108)(H,86,109)(H,87,110)(H,88,111)(H,89,112)(H,90,95)(H,91,96)(H,92,97). The van der Waals surface area contributed by atoms with Crippen molar-refractivity contribution in [2.24, 2.45) is 0 Å². The van der Waals surface area contributed by atoms with Gasteiger partial charge in [0.25, 0.3) is 5.91 Å². The quantitative estimate of drug-likeness (QED) is 0.0161. The molecule has 0 aromatic carbocycles. The minimum atomic E-state index is -3.14. The summed E-state index contributed by atoms with van der Waals surface area (Å²) in [4.78, 5) is 241. The molecule has 0 aliphatic carbocycles. The molecule has 3 aliphatic heterocycles. The Labute approximate surface area is 767 Å². The van der Waals surface area contributed by atoms with E-state index < -0.39 is 209 Å². The Balaban J connectivity index is 1.62. The number of carbonyl (C=O) groups is 19. The highest BCUT2D eigenvalue weighted by atomic mass is 31.2. The van der Waals surface area contributed by atoms with Gasteiger partial charge in [-0.2, -0.15) is 0 Å². The van der Waals surface area contributed by atoms with E-state index in [1.807, 2.05) is 0 Å². The fourth-order valence-electron chi connectivity index (χ4n) is 13.9. The third-order valence-corrected chi connectivity index (χ3v) is 20.4. The number of unbranched alkanes of at least 4 members (excludes halogenated alkanes) is 4. The van der Waals surface area contributed by atoms with Crippen LogP contribution < -0.4 is 42.5 Å². The predicted octanol–water partition coefficient (Wildman–Crippen LogP) is -0.430. The lowest BCUT2D eigenvalue weighted by Crippen LogP contribution is -2.66. The molecule has 47 nitrogen and oxygen atoms in total. The van der Waals surface area contributed by atoms with Gasteiger partial charge in [-0.1, -0.05) is 0 Å². The number of hydrogen-bond donors (Lipinski definition) is 9. The summed E-state index contributed by atoms with van der Waals surface area (Å²) in [5.74, 6) is -11.1. The molecule has 3 rings (SSSR count). The average Bonchev–Trinajstić information content (AvgIpc) is 0.794. The fourth-order valence-corrected chi connectivity index (χ4v) is 14.4. The van der Waals surface area contributed by atoms with E-state index in [-0.39, 0.29) is 191 Å². The van der Waals surface area contributed by atoms with E-state index >= 15 is 0 Å². The van der Waals surface area contributed by atoms with Crippen LogP contribution in [-0.2, 0) is 171 Å². The molecular weight excluding hydrogens is 1770 g/mol. The van der Waals surface area contributed by atoms with Crippen LogP contribution in [0, 0.1) is 0 Å². The maximum atomic E-state index is 14.1. The number of ether oxygens (including phenoxy) is 15. The van der Waals surface area contributed by atoms with E-state index in [9.17, 15) is 101 Å². The Bertz CT molecular complexity index is 3820. The van der Waals surface area contributed by atoms with Crippen molar-refractivity contribution in [3.63, 3.8) is 0 Å². The van der Waals surface area contributed by atoms with Crippen LogP contribution in [0.1, 0.15) is 205 Å². The molecule has 0 bridgehead atoms.